The van der Waals surface area contributed by atoms with Gasteiger partial charge in [-0.1, -0.05) is 0 Å². The first-order chi connectivity index (χ1) is 5.00. The van der Waals surface area contributed by atoms with Crippen molar-refractivity contribution in [3.63, 3.8) is 0 Å². The number of likely N-dealkylation sites (tertiary alicyclic amines) is 1. The van der Waals surface area contributed by atoms with Crippen LogP contribution in [-0.2, 0) is 9.84 Å². The van der Waals surface area contributed by atoms with Crippen molar-refractivity contribution in [2.24, 2.45) is 0 Å². The van der Waals surface area contributed by atoms with Crippen molar-refractivity contribution in [1.29, 1.82) is 0 Å². The Labute approximate surface area is 68.3 Å². The molecular weight excluding hydrogens is 162 g/mol. The fourth-order valence-corrected chi connectivity index (χ4v) is 2.40. The van der Waals surface area contributed by atoms with Gasteiger partial charge in [-0.2, -0.15) is 0 Å². The second kappa shape index (κ2) is 3.11. The van der Waals surface area contributed by atoms with E-state index in [9.17, 15) is 8.42 Å². The number of hydrogen-bond acceptors (Lipinski definition) is 3. The highest BCUT2D eigenvalue weighted by molar-refractivity contribution is 7.91. The summed E-state index contributed by atoms with van der Waals surface area (Å²) >= 11 is 0. The van der Waals surface area contributed by atoms with Gasteiger partial charge in [-0.3, -0.25) is 7.05 Å². The van der Waals surface area contributed by atoms with E-state index in [1.165, 1.54) is 6.26 Å². The average molecular weight is 176 g/mol. The van der Waals surface area contributed by atoms with Gasteiger partial charge in [0.1, 0.15) is 9.84 Å². The summed E-state index contributed by atoms with van der Waals surface area (Å²) in [7, 11) is 0.949. The van der Waals surface area contributed by atoms with Gasteiger partial charge in [0.2, 0.25) is 0 Å². The first kappa shape index (κ1) is 9.00. The summed E-state index contributed by atoms with van der Waals surface area (Å²) in [5.74, 6) is 0. The third-order valence-electron chi connectivity index (χ3n) is 2.14. The second-order valence-electron chi connectivity index (χ2n) is 3.15. The van der Waals surface area contributed by atoms with E-state index in [-0.39, 0.29) is 5.25 Å². The summed E-state index contributed by atoms with van der Waals surface area (Å²) in [6.45, 7) is 1.61. The van der Waals surface area contributed by atoms with E-state index < -0.39 is 9.84 Å². The molecule has 0 bridgehead atoms. The fourth-order valence-electron chi connectivity index (χ4n) is 1.34. The molecule has 0 aromatic heterocycles. The van der Waals surface area contributed by atoms with Crippen molar-refractivity contribution in [3.05, 3.63) is 7.05 Å². The minimum atomic E-state index is -2.80. The topological polar surface area (TPSA) is 37.4 Å². The Hall–Kier alpha value is -0.0900. The van der Waals surface area contributed by atoms with Crippen molar-refractivity contribution in [2.75, 3.05) is 19.3 Å². The third-order valence-corrected chi connectivity index (χ3v) is 3.82. The molecule has 0 unspecified atom stereocenters. The monoisotopic (exact) mass is 176 g/mol. The molecular formula is C7H14NO2S-. The smallest absolute Gasteiger partial charge is 0.150 e. The van der Waals surface area contributed by atoms with E-state index in [2.05, 4.69) is 7.05 Å². The highest BCUT2D eigenvalue weighted by Crippen LogP contribution is 2.15. The number of hydrogen-bond donors (Lipinski definition) is 0. The van der Waals surface area contributed by atoms with E-state index in [0.29, 0.717) is 0 Å². The normalized spacial score (nSPS) is 23.8. The number of piperidine rings is 1. The Morgan fingerprint density at radius 3 is 2.18 bits per heavy atom. The first-order valence-electron chi connectivity index (χ1n) is 3.74. The molecule has 0 radical (unpaired) electrons. The minimum absolute atomic E-state index is 0.125. The SMILES string of the molecule is [CH2-]N1CCC(S(C)(=O)=O)CC1. The van der Waals surface area contributed by atoms with Crippen LogP contribution in [0.15, 0.2) is 0 Å². The molecule has 1 fully saturated rings. The van der Waals surface area contributed by atoms with Crippen LogP contribution in [0.4, 0.5) is 0 Å². The fraction of sp³-hybridized carbons (Fsp3) is 0.857. The summed E-state index contributed by atoms with van der Waals surface area (Å²) in [4.78, 5) is 1.92. The van der Waals surface area contributed by atoms with Gasteiger partial charge >= 0.3 is 0 Å². The van der Waals surface area contributed by atoms with Crippen molar-refractivity contribution in [2.45, 2.75) is 18.1 Å². The van der Waals surface area contributed by atoms with Crippen molar-refractivity contribution >= 4 is 9.84 Å². The summed E-state index contributed by atoms with van der Waals surface area (Å²) in [6.07, 6.45) is 2.79. The van der Waals surface area contributed by atoms with Gasteiger partial charge in [0.05, 0.1) is 5.25 Å². The van der Waals surface area contributed by atoms with Crippen molar-refractivity contribution in [1.82, 2.24) is 4.90 Å². The molecule has 0 N–H and O–H groups in total. The van der Waals surface area contributed by atoms with E-state index in [4.69, 9.17) is 0 Å². The largest absolute Gasteiger partial charge is 0.459 e. The molecule has 11 heavy (non-hydrogen) atoms. The zero-order chi connectivity index (χ0) is 8.48. The van der Waals surface area contributed by atoms with Gasteiger partial charge in [-0.05, 0) is 25.9 Å². The minimum Gasteiger partial charge on any atom is -0.459 e. The Balaban J connectivity index is 2.53. The van der Waals surface area contributed by atoms with Crippen LogP contribution in [0, 0.1) is 7.05 Å². The van der Waals surface area contributed by atoms with Crippen LogP contribution in [-0.4, -0.2) is 37.9 Å². The number of rotatable bonds is 1. The predicted molar refractivity (Wildman–Crippen MR) is 44.8 cm³/mol. The average Bonchev–Trinajstić information content (AvgIpc) is 1.86. The summed E-state index contributed by atoms with van der Waals surface area (Å²) in [6, 6.07) is 0. The number of sulfone groups is 1. The van der Waals surface area contributed by atoms with Crippen molar-refractivity contribution < 1.29 is 8.42 Å². The van der Waals surface area contributed by atoms with Gasteiger partial charge in [0.25, 0.3) is 0 Å². The Kier molecular flexibility index (Phi) is 2.54. The molecule has 0 aromatic carbocycles. The molecule has 0 spiro atoms. The zero-order valence-corrected chi connectivity index (χ0v) is 7.60. The Bertz CT molecular complexity index is 215. The zero-order valence-electron chi connectivity index (χ0n) is 6.78. The van der Waals surface area contributed by atoms with Gasteiger partial charge in [-0.25, -0.2) is 8.42 Å². The van der Waals surface area contributed by atoms with Gasteiger partial charge in [0.15, 0.2) is 0 Å². The highest BCUT2D eigenvalue weighted by atomic mass is 32.2. The quantitative estimate of drug-likeness (QED) is 0.539. The van der Waals surface area contributed by atoms with Gasteiger partial charge in [-0.15, -0.1) is 0 Å². The Morgan fingerprint density at radius 1 is 1.36 bits per heavy atom. The van der Waals surface area contributed by atoms with E-state index in [0.717, 1.165) is 25.9 Å². The van der Waals surface area contributed by atoms with E-state index in [1.807, 2.05) is 4.90 Å². The molecule has 4 heteroatoms. The van der Waals surface area contributed by atoms with Crippen LogP contribution in [0.25, 0.3) is 0 Å². The molecule has 3 nitrogen and oxygen atoms in total. The molecule has 66 valence electrons. The maximum absolute atomic E-state index is 11.1. The summed E-state index contributed by atoms with van der Waals surface area (Å²) in [5.41, 5.74) is 0. The molecule has 1 heterocycles. The van der Waals surface area contributed by atoms with Crippen LogP contribution in [0.1, 0.15) is 12.8 Å². The van der Waals surface area contributed by atoms with Crippen LogP contribution >= 0.6 is 0 Å². The summed E-state index contributed by atoms with van der Waals surface area (Å²) < 4.78 is 22.1. The lowest BCUT2D eigenvalue weighted by Crippen LogP contribution is -2.35. The molecule has 0 aromatic rings. The van der Waals surface area contributed by atoms with E-state index >= 15 is 0 Å². The highest BCUT2D eigenvalue weighted by Gasteiger charge is 2.22. The molecule has 0 atom stereocenters. The molecule has 0 aliphatic carbocycles. The van der Waals surface area contributed by atoms with Gasteiger partial charge < -0.3 is 4.90 Å². The molecule has 1 aliphatic rings. The van der Waals surface area contributed by atoms with Crippen LogP contribution in [0.2, 0.25) is 0 Å². The van der Waals surface area contributed by atoms with Crippen molar-refractivity contribution in [3.8, 4) is 0 Å². The molecule has 1 rings (SSSR count). The number of nitrogens with zero attached hydrogens (tertiary/aromatic N) is 1. The summed E-state index contributed by atoms with van der Waals surface area (Å²) in [5, 5.41) is -0.125. The second-order valence-corrected chi connectivity index (χ2v) is 5.47. The molecule has 1 saturated heterocycles. The lowest BCUT2D eigenvalue weighted by atomic mass is 10.1. The third kappa shape index (κ3) is 2.45. The van der Waals surface area contributed by atoms with Crippen LogP contribution in [0.3, 0.4) is 0 Å². The first-order valence-corrected chi connectivity index (χ1v) is 5.70. The maximum Gasteiger partial charge on any atom is 0.150 e. The maximum atomic E-state index is 11.1. The lowest BCUT2D eigenvalue weighted by molar-refractivity contribution is 0.305. The molecule has 1 aliphatic heterocycles. The van der Waals surface area contributed by atoms with Gasteiger partial charge in [0, 0.05) is 6.26 Å². The predicted octanol–water partition coefficient (Wildman–Crippen LogP) is 0.287. The van der Waals surface area contributed by atoms with Crippen LogP contribution < -0.4 is 0 Å². The molecule has 0 amide bonds. The lowest BCUT2D eigenvalue weighted by Gasteiger charge is -2.33. The Morgan fingerprint density at radius 2 is 1.82 bits per heavy atom. The van der Waals surface area contributed by atoms with Crippen LogP contribution in [0.5, 0.6) is 0 Å². The molecule has 0 saturated carbocycles. The standard InChI is InChI=1S/C7H14NO2S/c1-8-5-3-7(4-6-8)11(2,9)10/h7H,1,3-6H2,2H3/q-1. The van der Waals surface area contributed by atoms with E-state index in [1.54, 1.807) is 0 Å².